The molecule has 1 amide bonds. The van der Waals surface area contributed by atoms with Gasteiger partial charge in [-0.2, -0.15) is 0 Å². The summed E-state index contributed by atoms with van der Waals surface area (Å²) in [5.41, 5.74) is 2.77. The molecule has 0 fully saturated rings. The van der Waals surface area contributed by atoms with Gasteiger partial charge in [-0.05, 0) is 48.9 Å². The zero-order chi connectivity index (χ0) is 25.7. The molecule has 0 saturated heterocycles. The van der Waals surface area contributed by atoms with E-state index in [1.807, 2.05) is 30.3 Å². The molecule has 0 bridgehead atoms. The molecule has 1 aromatic heterocycles. The van der Waals surface area contributed by atoms with Crippen molar-refractivity contribution < 1.29 is 27.2 Å². The van der Waals surface area contributed by atoms with Crippen LogP contribution in [0.3, 0.4) is 0 Å². The van der Waals surface area contributed by atoms with Crippen LogP contribution in [0.25, 0.3) is 21.7 Å². The zero-order valence-electron chi connectivity index (χ0n) is 19.6. The number of nitrogens with one attached hydrogen (secondary N) is 2. The molecule has 4 aromatic carbocycles. The normalized spacial score (nSPS) is 12.6. The minimum atomic E-state index is -4.04. The largest absolute Gasteiger partial charge is 0.460 e. The second-order valence-electron chi connectivity index (χ2n) is 8.70. The predicted octanol–water partition coefficient (Wildman–Crippen LogP) is 5.62. The Morgan fingerprint density at radius 2 is 1.78 bits per heavy atom. The fourth-order valence-corrected chi connectivity index (χ4v) is 5.89. The highest BCUT2D eigenvalue weighted by molar-refractivity contribution is 7.93. The van der Waals surface area contributed by atoms with Crippen LogP contribution in [-0.4, -0.2) is 20.3 Å². The Hall–Kier alpha value is -4.63. The van der Waals surface area contributed by atoms with E-state index in [1.54, 1.807) is 49.4 Å². The van der Waals surface area contributed by atoms with Crippen molar-refractivity contribution in [1.82, 2.24) is 0 Å². The van der Waals surface area contributed by atoms with Crippen LogP contribution in [0.15, 0.2) is 88.2 Å². The van der Waals surface area contributed by atoms with Gasteiger partial charge in [0.05, 0.1) is 4.90 Å². The van der Waals surface area contributed by atoms with Crippen molar-refractivity contribution in [1.29, 1.82) is 0 Å². The van der Waals surface area contributed by atoms with Crippen LogP contribution in [-0.2, 0) is 21.4 Å². The number of sulfonamides is 1. The van der Waals surface area contributed by atoms with Gasteiger partial charge in [0.2, 0.25) is 0 Å². The first-order valence-electron chi connectivity index (χ1n) is 11.5. The van der Waals surface area contributed by atoms with Gasteiger partial charge in [-0.15, -0.1) is 0 Å². The van der Waals surface area contributed by atoms with Crippen LogP contribution >= 0.6 is 0 Å². The summed E-state index contributed by atoms with van der Waals surface area (Å²) in [7, 11) is -4.04. The number of esters is 1. The molecule has 2 heterocycles. The monoisotopic (exact) mass is 512 g/mol. The van der Waals surface area contributed by atoms with Crippen LogP contribution in [0.4, 0.5) is 11.4 Å². The lowest BCUT2D eigenvalue weighted by Crippen LogP contribution is -2.13. The van der Waals surface area contributed by atoms with Gasteiger partial charge in [0.1, 0.15) is 23.5 Å². The molecule has 0 saturated carbocycles. The van der Waals surface area contributed by atoms with Crippen LogP contribution in [0.5, 0.6) is 0 Å². The number of ether oxygens (including phenoxy) is 1. The molecule has 0 unspecified atom stereocenters. The molecule has 2 N–H and O–H groups in total. The zero-order valence-corrected chi connectivity index (χ0v) is 20.4. The molecule has 0 radical (unpaired) electrons. The summed E-state index contributed by atoms with van der Waals surface area (Å²) in [6.45, 7) is 1.76. The van der Waals surface area contributed by atoms with E-state index in [0.29, 0.717) is 38.8 Å². The molecule has 0 aliphatic carbocycles. The van der Waals surface area contributed by atoms with Gasteiger partial charge in [-0.3, -0.25) is 9.52 Å². The Morgan fingerprint density at radius 1 is 0.973 bits per heavy atom. The standard InChI is InChI=1S/C28H20N2O6S/c1-16-25(28(32)35-15-17-6-3-2-4-7-17)21-14-18(10-12-23(21)36-16)30-37(33,34)24-13-11-22-26-19(24)8-5-9-20(26)27(31)29-22/h2-14,30H,15H2,1H3,(H,29,31). The van der Waals surface area contributed by atoms with Crippen LogP contribution in [0.2, 0.25) is 0 Å². The van der Waals surface area contributed by atoms with Crippen molar-refractivity contribution in [3.05, 3.63) is 101 Å². The number of benzene rings is 4. The first kappa shape index (κ1) is 22.8. The number of anilines is 2. The maximum Gasteiger partial charge on any atom is 0.342 e. The van der Waals surface area contributed by atoms with E-state index in [4.69, 9.17) is 9.15 Å². The maximum absolute atomic E-state index is 13.4. The molecule has 37 heavy (non-hydrogen) atoms. The molecule has 184 valence electrons. The number of hydrogen-bond donors (Lipinski definition) is 2. The Morgan fingerprint density at radius 3 is 2.59 bits per heavy atom. The van der Waals surface area contributed by atoms with Crippen molar-refractivity contribution in [3.8, 4) is 0 Å². The Bertz CT molecular complexity index is 1840. The summed E-state index contributed by atoms with van der Waals surface area (Å²) in [6.07, 6.45) is 0. The first-order valence-corrected chi connectivity index (χ1v) is 12.9. The van der Waals surface area contributed by atoms with E-state index in [1.165, 1.54) is 6.07 Å². The van der Waals surface area contributed by atoms with E-state index in [0.717, 1.165) is 5.56 Å². The average molecular weight is 513 g/mol. The van der Waals surface area contributed by atoms with Gasteiger partial charge in [-0.25, -0.2) is 13.2 Å². The van der Waals surface area contributed by atoms with Gasteiger partial charge < -0.3 is 14.5 Å². The van der Waals surface area contributed by atoms with Crippen molar-refractivity contribution in [2.24, 2.45) is 0 Å². The second-order valence-corrected chi connectivity index (χ2v) is 10.4. The summed E-state index contributed by atoms with van der Waals surface area (Å²) in [5, 5.41) is 4.19. The second kappa shape index (κ2) is 8.49. The molecule has 0 spiro atoms. The quantitative estimate of drug-likeness (QED) is 0.286. The molecule has 8 nitrogen and oxygen atoms in total. The fraction of sp³-hybridized carbons (Fsp3) is 0.0714. The highest BCUT2D eigenvalue weighted by atomic mass is 32.2. The smallest absolute Gasteiger partial charge is 0.342 e. The highest BCUT2D eigenvalue weighted by Crippen LogP contribution is 2.37. The van der Waals surface area contributed by atoms with Crippen molar-refractivity contribution in [2.75, 3.05) is 10.0 Å². The van der Waals surface area contributed by atoms with Gasteiger partial charge >= 0.3 is 5.97 Å². The summed E-state index contributed by atoms with van der Waals surface area (Å²) < 4.78 is 40.7. The number of fused-ring (bicyclic) bond motifs is 1. The molecule has 0 atom stereocenters. The van der Waals surface area contributed by atoms with Gasteiger partial charge in [0.15, 0.2) is 0 Å². The summed E-state index contributed by atoms with van der Waals surface area (Å²) in [4.78, 5) is 25.2. The SMILES string of the molecule is Cc1oc2ccc(NS(=O)(=O)c3ccc4c5c(cccc35)C(=O)N4)cc2c1C(=O)OCc1ccccc1. The molecule has 5 aromatic rings. The lowest BCUT2D eigenvalue weighted by molar-refractivity contribution is 0.0472. The summed E-state index contributed by atoms with van der Waals surface area (Å²) in [6, 6.07) is 22.0. The summed E-state index contributed by atoms with van der Waals surface area (Å²) in [5.74, 6) is -0.460. The minimum Gasteiger partial charge on any atom is -0.460 e. The third kappa shape index (κ3) is 3.89. The van der Waals surface area contributed by atoms with Crippen molar-refractivity contribution in [3.63, 3.8) is 0 Å². The van der Waals surface area contributed by atoms with E-state index in [9.17, 15) is 18.0 Å². The Balaban J connectivity index is 1.34. The number of rotatable bonds is 6. The van der Waals surface area contributed by atoms with Crippen molar-refractivity contribution >= 4 is 55.0 Å². The number of aryl methyl sites for hydroxylation is 1. The molecule has 1 aliphatic rings. The molecule has 1 aliphatic heterocycles. The Kier molecular flexibility index (Phi) is 5.24. The van der Waals surface area contributed by atoms with E-state index in [2.05, 4.69) is 10.0 Å². The fourth-order valence-electron chi connectivity index (χ4n) is 4.64. The van der Waals surface area contributed by atoms with E-state index in [-0.39, 0.29) is 28.7 Å². The summed E-state index contributed by atoms with van der Waals surface area (Å²) >= 11 is 0. The van der Waals surface area contributed by atoms with Crippen molar-refractivity contribution in [2.45, 2.75) is 18.4 Å². The Labute approximate surface area is 211 Å². The van der Waals surface area contributed by atoms with Gasteiger partial charge in [-0.1, -0.05) is 42.5 Å². The van der Waals surface area contributed by atoms with Gasteiger partial charge in [0, 0.05) is 33.1 Å². The minimum absolute atomic E-state index is 0.0376. The molecular weight excluding hydrogens is 492 g/mol. The van der Waals surface area contributed by atoms with E-state index < -0.39 is 16.0 Å². The lowest BCUT2D eigenvalue weighted by Gasteiger charge is -2.11. The third-order valence-electron chi connectivity index (χ3n) is 6.32. The highest BCUT2D eigenvalue weighted by Gasteiger charge is 2.27. The predicted molar refractivity (Wildman–Crippen MR) is 139 cm³/mol. The van der Waals surface area contributed by atoms with Gasteiger partial charge in [0.25, 0.3) is 15.9 Å². The van der Waals surface area contributed by atoms with Crippen LogP contribution in [0, 0.1) is 6.92 Å². The number of carbonyl (C=O) groups is 2. The van der Waals surface area contributed by atoms with Crippen LogP contribution < -0.4 is 10.0 Å². The topological polar surface area (TPSA) is 115 Å². The average Bonchev–Trinajstić information content (AvgIpc) is 3.39. The first-order chi connectivity index (χ1) is 17.8. The third-order valence-corrected chi connectivity index (χ3v) is 7.76. The number of amides is 1. The molecule has 6 rings (SSSR count). The molecule has 9 heteroatoms. The van der Waals surface area contributed by atoms with E-state index >= 15 is 0 Å². The number of furan rings is 1. The number of hydrogen-bond acceptors (Lipinski definition) is 6. The maximum atomic E-state index is 13.4. The number of carbonyl (C=O) groups excluding carboxylic acids is 2. The molecular formula is C28H20N2O6S. The lowest BCUT2D eigenvalue weighted by atomic mass is 10.1. The van der Waals surface area contributed by atoms with Crippen LogP contribution in [0.1, 0.15) is 32.0 Å².